The average molecular weight is 348 g/mol. The maximum absolute atomic E-state index is 13.0. The molecule has 6 heteroatoms. The second-order valence-electron chi connectivity index (χ2n) is 6.50. The number of piperidine rings is 1. The standard InChI is InChI=1S/C18H24N2O3S/c1-13-6-3-8-19(12-13)16-15(14-7-4-11-24-14)17(21)20(18(16)22)9-5-10-23-2/h4,7,11,13H,3,5-6,8-10,12H2,1-2H3. The fourth-order valence-corrected chi connectivity index (χ4v) is 4.22. The molecule has 3 rings (SSSR count). The topological polar surface area (TPSA) is 49.9 Å². The molecule has 0 aliphatic carbocycles. The summed E-state index contributed by atoms with van der Waals surface area (Å²) in [6.07, 6.45) is 2.90. The predicted molar refractivity (Wildman–Crippen MR) is 94.4 cm³/mol. The molecule has 0 saturated carbocycles. The summed E-state index contributed by atoms with van der Waals surface area (Å²) in [5, 5.41) is 1.95. The highest BCUT2D eigenvalue weighted by Gasteiger charge is 2.42. The van der Waals surface area contributed by atoms with Crippen LogP contribution in [0.15, 0.2) is 23.2 Å². The van der Waals surface area contributed by atoms with E-state index in [0.29, 0.717) is 36.8 Å². The first-order chi connectivity index (χ1) is 11.6. The molecular weight excluding hydrogens is 324 g/mol. The van der Waals surface area contributed by atoms with E-state index in [1.165, 1.54) is 22.7 Å². The van der Waals surface area contributed by atoms with E-state index in [1.54, 1.807) is 7.11 Å². The molecule has 24 heavy (non-hydrogen) atoms. The van der Waals surface area contributed by atoms with Crippen molar-refractivity contribution in [1.29, 1.82) is 0 Å². The molecule has 0 N–H and O–H groups in total. The van der Waals surface area contributed by atoms with E-state index in [2.05, 4.69) is 11.8 Å². The van der Waals surface area contributed by atoms with Gasteiger partial charge in [-0.3, -0.25) is 14.5 Å². The van der Waals surface area contributed by atoms with Gasteiger partial charge in [-0.05, 0) is 36.6 Å². The van der Waals surface area contributed by atoms with Crippen molar-refractivity contribution in [2.45, 2.75) is 26.2 Å². The van der Waals surface area contributed by atoms with Gasteiger partial charge in [0.2, 0.25) is 0 Å². The van der Waals surface area contributed by atoms with Crippen molar-refractivity contribution in [3.8, 4) is 0 Å². The van der Waals surface area contributed by atoms with E-state index in [9.17, 15) is 9.59 Å². The van der Waals surface area contributed by atoms with E-state index in [-0.39, 0.29) is 11.8 Å². The van der Waals surface area contributed by atoms with Crippen LogP contribution in [0.5, 0.6) is 0 Å². The van der Waals surface area contributed by atoms with Crippen LogP contribution in [-0.2, 0) is 14.3 Å². The molecular formula is C18H24N2O3S. The highest BCUT2D eigenvalue weighted by Crippen LogP contribution is 2.35. The lowest BCUT2D eigenvalue weighted by Gasteiger charge is -2.33. The molecule has 5 nitrogen and oxygen atoms in total. The summed E-state index contributed by atoms with van der Waals surface area (Å²) in [7, 11) is 1.63. The van der Waals surface area contributed by atoms with Gasteiger partial charge >= 0.3 is 0 Å². The monoisotopic (exact) mass is 348 g/mol. The molecule has 130 valence electrons. The van der Waals surface area contributed by atoms with Crippen molar-refractivity contribution in [3.63, 3.8) is 0 Å². The lowest BCUT2D eigenvalue weighted by Crippen LogP contribution is -2.39. The van der Waals surface area contributed by atoms with Crippen LogP contribution < -0.4 is 0 Å². The van der Waals surface area contributed by atoms with E-state index in [4.69, 9.17) is 4.74 Å². The smallest absolute Gasteiger partial charge is 0.277 e. The molecule has 0 bridgehead atoms. The van der Waals surface area contributed by atoms with Gasteiger partial charge < -0.3 is 9.64 Å². The molecule has 1 fully saturated rings. The number of carbonyl (C=O) groups is 2. The zero-order chi connectivity index (χ0) is 17.1. The average Bonchev–Trinajstić information content (AvgIpc) is 3.16. The Bertz CT molecular complexity index is 639. The van der Waals surface area contributed by atoms with Crippen LogP contribution >= 0.6 is 11.3 Å². The number of thiophene rings is 1. The number of methoxy groups -OCH3 is 1. The first kappa shape index (κ1) is 17.2. The van der Waals surface area contributed by atoms with Crippen molar-refractivity contribution in [1.82, 2.24) is 9.80 Å². The van der Waals surface area contributed by atoms with Crippen LogP contribution in [0.4, 0.5) is 0 Å². The fourth-order valence-electron chi connectivity index (χ4n) is 3.46. The SMILES string of the molecule is COCCCN1C(=O)C(c2cccs2)=C(N2CCCC(C)C2)C1=O. The van der Waals surface area contributed by atoms with E-state index in [0.717, 1.165) is 24.4 Å². The highest BCUT2D eigenvalue weighted by molar-refractivity contribution is 7.11. The Morgan fingerprint density at radius 3 is 2.83 bits per heavy atom. The van der Waals surface area contributed by atoms with Crippen LogP contribution in [0.1, 0.15) is 31.1 Å². The Balaban J connectivity index is 1.92. The van der Waals surface area contributed by atoms with Gasteiger partial charge in [0, 0.05) is 38.2 Å². The summed E-state index contributed by atoms with van der Waals surface area (Å²) in [5.41, 5.74) is 1.19. The quantitative estimate of drug-likeness (QED) is 0.586. The van der Waals surface area contributed by atoms with Crippen molar-refractivity contribution in [2.75, 3.05) is 33.4 Å². The van der Waals surface area contributed by atoms with Gasteiger partial charge in [0.25, 0.3) is 11.8 Å². The zero-order valence-electron chi connectivity index (χ0n) is 14.3. The molecule has 1 aromatic heterocycles. The molecule has 0 spiro atoms. The summed E-state index contributed by atoms with van der Waals surface area (Å²) in [5.74, 6) is 0.238. The summed E-state index contributed by atoms with van der Waals surface area (Å²) in [4.78, 5) is 30.3. The number of nitrogens with zero attached hydrogens (tertiary/aromatic N) is 2. The minimum Gasteiger partial charge on any atom is -0.385 e. The first-order valence-corrected chi connectivity index (χ1v) is 9.39. The lowest BCUT2D eigenvalue weighted by molar-refractivity contribution is -0.137. The van der Waals surface area contributed by atoms with Gasteiger partial charge in [-0.2, -0.15) is 0 Å². The number of amides is 2. The molecule has 1 unspecified atom stereocenters. The Morgan fingerprint density at radius 2 is 2.17 bits per heavy atom. The number of hydrogen-bond donors (Lipinski definition) is 0. The molecule has 2 aliphatic rings. The number of imide groups is 1. The molecule has 1 saturated heterocycles. The number of rotatable bonds is 6. The van der Waals surface area contributed by atoms with Gasteiger partial charge in [0.05, 0.1) is 5.57 Å². The minimum atomic E-state index is -0.160. The normalized spacial score (nSPS) is 22.0. The maximum atomic E-state index is 13.0. The van der Waals surface area contributed by atoms with E-state index >= 15 is 0 Å². The van der Waals surface area contributed by atoms with Crippen molar-refractivity contribution < 1.29 is 14.3 Å². The van der Waals surface area contributed by atoms with Crippen molar-refractivity contribution >= 4 is 28.7 Å². The second-order valence-corrected chi connectivity index (χ2v) is 7.45. The highest BCUT2D eigenvalue weighted by atomic mass is 32.1. The molecule has 3 heterocycles. The molecule has 0 radical (unpaired) electrons. The maximum Gasteiger partial charge on any atom is 0.277 e. The molecule has 2 aliphatic heterocycles. The summed E-state index contributed by atoms with van der Waals surface area (Å²) < 4.78 is 5.06. The number of hydrogen-bond acceptors (Lipinski definition) is 5. The van der Waals surface area contributed by atoms with Gasteiger partial charge in [0.1, 0.15) is 5.70 Å². The Hall–Kier alpha value is -1.66. The van der Waals surface area contributed by atoms with Crippen LogP contribution in [0.2, 0.25) is 0 Å². The van der Waals surface area contributed by atoms with Crippen molar-refractivity contribution in [3.05, 3.63) is 28.1 Å². The van der Waals surface area contributed by atoms with Crippen LogP contribution in [-0.4, -0.2) is 55.0 Å². The third-order valence-corrected chi connectivity index (χ3v) is 5.50. The fraction of sp³-hybridized carbons (Fsp3) is 0.556. The third-order valence-electron chi connectivity index (χ3n) is 4.61. The number of likely N-dealkylation sites (tertiary alicyclic amines) is 1. The molecule has 1 aromatic rings. The molecule has 0 aromatic carbocycles. The Morgan fingerprint density at radius 1 is 1.33 bits per heavy atom. The lowest BCUT2D eigenvalue weighted by atomic mass is 9.99. The molecule has 2 amide bonds. The molecule has 1 atom stereocenters. The van der Waals surface area contributed by atoms with Gasteiger partial charge in [0.15, 0.2) is 0 Å². The van der Waals surface area contributed by atoms with Crippen molar-refractivity contribution in [2.24, 2.45) is 5.92 Å². The van der Waals surface area contributed by atoms with Crippen LogP contribution in [0.3, 0.4) is 0 Å². The van der Waals surface area contributed by atoms with E-state index < -0.39 is 0 Å². The van der Waals surface area contributed by atoms with Gasteiger partial charge in [-0.15, -0.1) is 11.3 Å². The van der Waals surface area contributed by atoms with Gasteiger partial charge in [-0.25, -0.2) is 0 Å². The van der Waals surface area contributed by atoms with Crippen LogP contribution in [0, 0.1) is 5.92 Å². The largest absolute Gasteiger partial charge is 0.385 e. The number of ether oxygens (including phenoxy) is 1. The predicted octanol–water partition coefficient (Wildman–Crippen LogP) is 2.60. The minimum absolute atomic E-state index is 0.145. The third kappa shape index (κ3) is 3.26. The second kappa shape index (κ2) is 7.49. The summed E-state index contributed by atoms with van der Waals surface area (Å²) >= 11 is 1.52. The van der Waals surface area contributed by atoms with Gasteiger partial charge in [-0.1, -0.05) is 13.0 Å². The Labute approximate surface area is 146 Å². The zero-order valence-corrected chi connectivity index (χ0v) is 15.1. The summed E-state index contributed by atoms with van der Waals surface area (Å²) in [6.45, 7) is 4.85. The van der Waals surface area contributed by atoms with Crippen LogP contribution in [0.25, 0.3) is 5.57 Å². The first-order valence-electron chi connectivity index (χ1n) is 8.51. The van der Waals surface area contributed by atoms with E-state index in [1.807, 2.05) is 17.5 Å². The number of carbonyl (C=O) groups excluding carboxylic acids is 2. The summed E-state index contributed by atoms with van der Waals surface area (Å²) in [6, 6.07) is 3.85. The Kier molecular flexibility index (Phi) is 5.36.